The van der Waals surface area contributed by atoms with E-state index in [2.05, 4.69) is 10.1 Å². The van der Waals surface area contributed by atoms with Crippen molar-refractivity contribution in [1.29, 1.82) is 0 Å². The van der Waals surface area contributed by atoms with Gasteiger partial charge >= 0.3 is 5.97 Å². The highest BCUT2D eigenvalue weighted by Crippen LogP contribution is 2.21. The highest BCUT2D eigenvalue weighted by molar-refractivity contribution is 5.98. The van der Waals surface area contributed by atoms with Gasteiger partial charge < -0.3 is 15.8 Å². The molecule has 114 valence electrons. The minimum Gasteiger partial charge on any atom is -0.465 e. The number of hydrogen-bond acceptors (Lipinski definition) is 4. The minimum atomic E-state index is -0.478. The van der Waals surface area contributed by atoms with Gasteiger partial charge in [-0.05, 0) is 30.7 Å². The van der Waals surface area contributed by atoms with Crippen molar-refractivity contribution < 1.29 is 14.3 Å². The second kappa shape index (κ2) is 6.76. The fourth-order valence-electron chi connectivity index (χ4n) is 2.00. The molecule has 22 heavy (non-hydrogen) atoms. The summed E-state index contributed by atoms with van der Waals surface area (Å²) < 4.78 is 4.65. The number of carbonyl (C=O) groups excluding carboxylic acids is 2. The number of aryl methyl sites for hydroxylation is 1. The number of ether oxygens (including phenoxy) is 1. The molecule has 2 aromatic carbocycles. The Kier molecular flexibility index (Phi) is 4.78. The van der Waals surface area contributed by atoms with Crippen molar-refractivity contribution in [2.24, 2.45) is 0 Å². The second-order valence-corrected chi connectivity index (χ2v) is 5.00. The Morgan fingerprint density at radius 3 is 2.45 bits per heavy atom. The van der Waals surface area contributed by atoms with Gasteiger partial charge in [-0.1, -0.05) is 29.8 Å². The van der Waals surface area contributed by atoms with E-state index in [1.807, 2.05) is 31.2 Å². The third-order valence-electron chi connectivity index (χ3n) is 3.23. The highest BCUT2D eigenvalue weighted by Gasteiger charge is 2.11. The molecule has 2 aromatic rings. The van der Waals surface area contributed by atoms with E-state index in [-0.39, 0.29) is 12.3 Å². The molecule has 0 aliphatic heterocycles. The van der Waals surface area contributed by atoms with E-state index in [9.17, 15) is 9.59 Å². The standard InChI is InChI=1S/C17H18N2O3/c1-11-3-5-12(6-4-11)9-16(20)19-15-10-13(17(21)22-2)7-8-14(15)18/h3-8,10H,9,18H2,1-2H3,(H,19,20). The Hall–Kier alpha value is -2.82. The maximum Gasteiger partial charge on any atom is 0.337 e. The summed E-state index contributed by atoms with van der Waals surface area (Å²) >= 11 is 0. The first kappa shape index (κ1) is 15.6. The van der Waals surface area contributed by atoms with Gasteiger partial charge in [0, 0.05) is 0 Å². The summed E-state index contributed by atoms with van der Waals surface area (Å²) in [6.07, 6.45) is 0.238. The molecule has 0 spiro atoms. The summed E-state index contributed by atoms with van der Waals surface area (Å²) in [6, 6.07) is 12.3. The Morgan fingerprint density at radius 2 is 1.82 bits per heavy atom. The molecule has 0 saturated carbocycles. The third kappa shape index (κ3) is 3.85. The van der Waals surface area contributed by atoms with Crippen LogP contribution in [0.15, 0.2) is 42.5 Å². The predicted molar refractivity (Wildman–Crippen MR) is 85.7 cm³/mol. The van der Waals surface area contributed by atoms with Gasteiger partial charge in [0.05, 0.1) is 30.5 Å². The van der Waals surface area contributed by atoms with Gasteiger partial charge in [0.15, 0.2) is 0 Å². The topological polar surface area (TPSA) is 81.4 Å². The van der Waals surface area contributed by atoms with Gasteiger partial charge in [0.25, 0.3) is 0 Å². The molecule has 0 heterocycles. The first-order chi connectivity index (χ1) is 10.5. The Bertz CT molecular complexity index is 694. The normalized spacial score (nSPS) is 10.1. The Balaban J connectivity index is 2.10. The van der Waals surface area contributed by atoms with Crippen molar-refractivity contribution in [3.8, 4) is 0 Å². The fraction of sp³-hybridized carbons (Fsp3) is 0.176. The highest BCUT2D eigenvalue weighted by atomic mass is 16.5. The van der Waals surface area contributed by atoms with E-state index in [4.69, 9.17) is 5.73 Å². The number of rotatable bonds is 4. The average Bonchev–Trinajstić information content (AvgIpc) is 2.51. The van der Waals surface area contributed by atoms with Crippen LogP contribution in [0.2, 0.25) is 0 Å². The molecule has 5 nitrogen and oxygen atoms in total. The molecule has 3 N–H and O–H groups in total. The number of benzene rings is 2. The van der Waals surface area contributed by atoms with Crippen molar-refractivity contribution in [2.45, 2.75) is 13.3 Å². The van der Waals surface area contributed by atoms with E-state index < -0.39 is 5.97 Å². The van der Waals surface area contributed by atoms with E-state index >= 15 is 0 Å². The molecule has 1 amide bonds. The second-order valence-electron chi connectivity index (χ2n) is 5.00. The van der Waals surface area contributed by atoms with Crippen molar-refractivity contribution in [3.63, 3.8) is 0 Å². The number of amides is 1. The monoisotopic (exact) mass is 298 g/mol. The van der Waals surface area contributed by atoms with Crippen LogP contribution in [0.5, 0.6) is 0 Å². The fourth-order valence-corrected chi connectivity index (χ4v) is 2.00. The zero-order chi connectivity index (χ0) is 16.1. The van der Waals surface area contributed by atoms with Crippen LogP contribution in [0.4, 0.5) is 11.4 Å². The first-order valence-corrected chi connectivity index (χ1v) is 6.83. The number of methoxy groups -OCH3 is 1. The molecule has 0 aliphatic rings. The van der Waals surface area contributed by atoms with Crippen molar-refractivity contribution in [3.05, 3.63) is 59.2 Å². The lowest BCUT2D eigenvalue weighted by Gasteiger charge is -2.10. The van der Waals surface area contributed by atoms with Crippen LogP contribution in [0.3, 0.4) is 0 Å². The van der Waals surface area contributed by atoms with Gasteiger partial charge in [-0.15, -0.1) is 0 Å². The lowest BCUT2D eigenvalue weighted by Crippen LogP contribution is -2.16. The van der Waals surface area contributed by atoms with Crippen LogP contribution in [0.25, 0.3) is 0 Å². The average molecular weight is 298 g/mol. The van der Waals surface area contributed by atoms with Crippen LogP contribution < -0.4 is 11.1 Å². The molecular weight excluding hydrogens is 280 g/mol. The van der Waals surface area contributed by atoms with Crippen LogP contribution in [-0.4, -0.2) is 19.0 Å². The summed E-state index contributed by atoms with van der Waals surface area (Å²) in [4.78, 5) is 23.6. The molecule has 0 atom stereocenters. The largest absolute Gasteiger partial charge is 0.465 e. The summed E-state index contributed by atoms with van der Waals surface area (Å²) in [7, 11) is 1.30. The van der Waals surface area contributed by atoms with Gasteiger partial charge in [-0.2, -0.15) is 0 Å². The summed E-state index contributed by atoms with van der Waals surface area (Å²) in [6.45, 7) is 1.99. The van der Waals surface area contributed by atoms with Crippen molar-refractivity contribution >= 4 is 23.3 Å². The van der Waals surface area contributed by atoms with E-state index in [0.717, 1.165) is 11.1 Å². The zero-order valence-corrected chi connectivity index (χ0v) is 12.6. The Labute approximate surface area is 129 Å². The zero-order valence-electron chi connectivity index (χ0n) is 12.6. The molecule has 0 unspecified atom stereocenters. The van der Waals surface area contributed by atoms with Crippen LogP contribution in [-0.2, 0) is 16.0 Å². The van der Waals surface area contributed by atoms with E-state index in [1.165, 1.54) is 13.2 Å². The number of nitrogen functional groups attached to an aromatic ring is 1. The van der Waals surface area contributed by atoms with E-state index in [1.54, 1.807) is 12.1 Å². The van der Waals surface area contributed by atoms with Crippen LogP contribution in [0, 0.1) is 6.92 Å². The molecular formula is C17H18N2O3. The quantitative estimate of drug-likeness (QED) is 0.671. The van der Waals surface area contributed by atoms with Crippen LogP contribution in [0.1, 0.15) is 21.5 Å². The molecule has 0 fully saturated rings. The van der Waals surface area contributed by atoms with Crippen molar-refractivity contribution in [1.82, 2.24) is 0 Å². The molecule has 2 rings (SSSR count). The maximum absolute atomic E-state index is 12.1. The minimum absolute atomic E-state index is 0.197. The lowest BCUT2D eigenvalue weighted by molar-refractivity contribution is -0.115. The van der Waals surface area contributed by atoms with Gasteiger partial charge in [-0.25, -0.2) is 4.79 Å². The summed E-state index contributed by atoms with van der Waals surface area (Å²) in [5, 5.41) is 2.72. The first-order valence-electron chi connectivity index (χ1n) is 6.83. The number of esters is 1. The van der Waals surface area contributed by atoms with E-state index in [0.29, 0.717) is 16.9 Å². The number of anilines is 2. The molecule has 0 aromatic heterocycles. The molecule has 0 saturated heterocycles. The maximum atomic E-state index is 12.1. The van der Waals surface area contributed by atoms with Gasteiger partial charge in [-0.3, -0.25) is 4.79 Å². The van der Waals surface area contributed by atoms with Gasteiger partial charge in [0.1, 0.15) is 0 Å². The summed E-state index contributed by atoms with van der Waals surface area (Å²) in [5.74, 6) is -0.674. The molecule has 0 radical (unpaired) electrons. The third-order valence-corrected chi connectivity index (χ3v) is 3.23. The lowest BCUT2D eigenvalue weighted by atomic mass is 10.1. The van der Waals surface area contributed by atoms with Crippen molar-refractivity contribution in [2.75, 3.05) is 18.2 Å². The molecule has 0 bridgehead atoms. The summed E-state index contributed by atoms with van der Waals surface area (Å²) in [5.41, 5.74) is 9.00. The smallest absolute Gasteiger partial charge is 0.337 e. The van der Waals surface area contributed by atoms with Gasteiger partial charge in [0.2, 0.25) is 5.91 Å². The predicted octanol–water partition coefficient (Wildman–Crippen LogP) is 2.55. The number of hydrogen-bond donors (Lipinski definition) is 2. The molecule has 5 heteroatoms. The number of nitrogens with two attached hydrogens (primary N) is 1. The Morgan fingerprint density at radius 1 is 1.14 bits per heavy atom. The number of nitrogens with one attached hydrogen (secondary N) is 1. The molecule has 0 aliphatic carbocycles. The number of carbonyl (C=O) groups is 2. The SMILES string of the molecule is COC(=O)c1ccc(N)c(NC(=O)Cc2ccc(C)cc2)c1. The van der Waals surface area contributed by atoms with Crippen LogP contribution >= 0.6 is 0 Å².